The number of rotatable bonds is 8. The number of nitrogens with zero attached hydrogens (tertiary/aromatic N) is 4. The minimum absolute atomic E-state index is 0.00612. The largest absolute Gasteiger partial charge is 0.388 e. The molecule has 39 heavy (non-hydrogen) atoms. The van der Waals surface area contributed by atoms with E-state index in [0.717, 1.165) is 48.4 Å². The lowest BCUT2D eigenvalue weighted by Crippen LogP contribution is -2.45. The Balaban J connectivity index is 1.35. The lowest BCUT2D eigenvalue weighted by molar-refractivity contribution is 0.0613. The van der Waals surface area contributed by atoms with Gasteiger partial charge in [0.15, 0.2) is 0 Å². The number of piperidine rings is 1. The Bertz CT molecular complexity index is 1320. The fourth-order valence-corrected chi connectivity index (χ4v) is 4.89. The summed E-state index contributed by atoms with van der Waals surface area (Å²) < 4.78 is 0. The second kappa shape index (κ2) is 11.4. The highest BCUT2D eigenvalue weighted by Gasteiger charge is 2.32. The molecule has 0 spiro atoms. The van der Waals surface area contributed by atoms with Crippen LogP contribution < -0.4 is 16.4 Å². The highest BCUT2D eigenvalue weighted by molar-refractivity contribution is 6.10. The number of nitrogens with one attached hydrogen (secondary N) is 4. The number of allylic oxidation sites excluding steroid dienone is 2. The van der Waals surface area contributed by atoms with Gasteiger partial charge < -0.3 is 32.1 Å². The normalized spacial score (nSPS) is 16.5. The molecule has 2 aliphatic rings. The zero-order valence-electron chi connectivity index (χ0n) is 23.3. The van der Waals surface area contributed by atoms with E-state index in [2.05, 4.69) is 32.1 Å². The van der Waals surface area contributed by atoms with Crippen molar-refractivity contribution in [2.45, 2.75) is 52.7 Å². The predicted molar refractivity (Wildman–Crippen MR) is 157 cm³/mol. The number of amides is 1. The van der Waals surface area contributed by atoms with Gasteiger partial charge in [-0.1, -0.05) is 27.4 Å². The van der Waals surface area contributed by atoms with Crippen LogP contribution in [0.2, 0.25) is 0 Å². The van der Waals surface area contributed by atoms with Crippen molar-refractivity contribution in [3.05, 3.63) is 65.3 Å². The van der Waals surface area contributed by atoms with Gasteiger partial charge >= 0.3 is 0 Å². The summed E-state index contributed by atoms with van der Waals surface area (Å²) in [5, 5.41) is 21.8. The third-order valence-electron chi connectivity index (χ3n) is 7.37. The van der Waals surface area contributed by atoms with Crippen LogP contribution in [0.4, 0.5) is 11.6 Å². The summed E-state index contributed by atoms with van der Waals surface area (Å²) in [4.78, 5) is 26.7. The van der Waals surface area contributed by atoms with Gasteiger partial charge in [-0.25, -0.2) is 9.97 Å². The smallest absolute Gasteiger partial charge is 0.253 e. The Morgan fingerprint density at radius 1 is 1.23 bits per heavy atom. The molecule has 2 aromatic rings. The standard InChI is InChI=1S/C29H39N9O/c1-18(14-30)22-12-19(6-7-23(22)33-5)27(39)37-10-8-21(9-11-37)38-16-20-15-34-28(35-24(20)17-38)36-26(32)13-25(31)29(2,3)4/h6-7,12-15,21,30-31,33H,1,8-11,16-17,32H2,2-5H3,(H,34,35,36)/b26-13+,30-14?,31-25?. The van der Waals surface area contributed by atoms with Crippen LogP contribution in [0.3, 0.4) is 0 Å². The van der Waals surface area contributed by atoms with Crippen LogP contribution in [-0.4, -0.2) is 63.8 Å². The van der Waals surface area contributed by atoms with E-state index < -0.39 is 0 Å². The first-order valence-corrected chi connectivity index (χ1v) is 13.2. The summed E-state index contributed by atoms with van der Waals surface area (Å²) in [6.07, 6.45) is 6.44. The Hall–Kier alpha value is -4.05. The molecule has 1 aromatic carbocycles. The molecule has 2 aliphatic heterocycles. The number of hydrogen-bond acceptors (Lipinski definition) is 9. The van der Waals surface area contributed by atoms with Gasteiger partial charge in [0.1, 0.15) is 5.82 Å². The highest BCUT2D eigenvalue weighted by atomic mass is 16.2. The zero-order valence-corrected chi connectivity index (χ0v) is 23.3. The van der Waals surface area contributed by atoms with E-state index in [4.69, 9.17) is 16.6 Å². The quantitative estimate of drug-likeness (QED) is 0.324. The first kappa shape index (κ1) is 28.0. The van der Waals surface area contributed by atoms with Gasteiger partial charge in [0.05, 0.1) is 5.69 Å². The van der Waals surface area contributed by atoms with E-state index in [0.29, 0.717) is 47.7 Å². The van der Waals surface area contributed by atoms with E-state index in [-0.39, 0.29) is 11.3 Å². The first-order chi connectivity index (χ1) is 18.5. The molecular formula is C29H39N9O. The van der Waals surface area contributed by atoms with Crippen LogP contribution in [-0.2, 0) is 13.1 Å². The number of fused-ring (bicyclic) bond motifs is 1. The van der Waals surface area contributed by atoms with Crippen molar-refractivity contribution in [1.29, 1.82) is 10.8 Å². The van der Waals surface area contributed by atoms with Crippen molar-refractivity contribution in [2.24, 2.45) is 11.1 Å². The van der Waals surface area contributed by atoms with E-state index in [9.17, 15) is 4.79 Å². The lowest BCUT2D eigenvalue weighted by Gasteiger charge is -2.36. The van der Waals surface area contributed by atoms with Crippen LogP contribution >= 0.6 is 0 Å². The number of hydrogen-bond donors (Lipinski definition) is 5. The lowest BCUT2D eigenvalue weighted by atomic mass is 9.90. The minimum Gasteiger partial charge on any atom is -0.388 e. The Kier molecular flexibility index (Phi) is 8.15. The Morgan fingerprint density at radius 3 is 2.59 bits per heavy atom. The number of nitrogens with two attached hydrogens (primary N) is 1. The molecule has 0 bridgehead atoms. The predicted octanol–water partition coefficient (Wildman–Crippen LogP) is 4.08. The Morgan fingerprint density at radius 2 is 1.95 bits per heavy atom. The number of carbonyl (C=O) groups excluding carboxylic acids is 1. The highest BCUT2D eigenvalue weighted by Crippen LogP contribution is 2.29. The molecule has 6 N–H and O–H groups in total. The van der Waals surface area contributed by atoms with Crippen molar-refractivity contribution in [2.75, 3.05) is 30.8 Å². The minimum atomic E-state index is -0.290. The fourth-order valence-electron chi connectivity index (χ4n) is 4.89. The maximum atomic E-state index is 13.3. The fraction of sp³-hybridized carbons (Fsp3) is 0.414. The topological polar surface area (TPSA) is 147 Å². The van der Waals surface area contributed by atoms with Crippen LogP contribution in [0.25, 0.3) is 5.57 Å². The maximum Gasteiger partial charge on any atom is 0.253 e. The molecule has 0 unspecified atom stereocenters. The van der Waals surface area contributed by atoms with Crippen molar-refractivity contribution >= 4 is 35.0 Å². The number of benzene rings is 1. The first-order valence-electron chi connectivity index (χ1n) is 13.2. The summed E-state index contributed by atoms with van der Waals surface area (Å²) in [6.45, 7) is 12.7. The Labute approximate surface area is 230 Å². The molecule has 1 fully saturated rings. The van der Waals surface area contributed by atoms with Crippen LogP contribution in [0.15, 0.2) is 42.9 Å². The average Bonchev–Trinajstić information content (AvgIpc) is 3.34. The van der Waals surface area contributed by atoms with Gasteiger partial charge in [0.2, 0.25) is 5.95 Å². The summed E-state index contributed by atoms with van der Waals surface area (Å²) in [5.41, 5.74) is 11.1. The average molecular weight is 530 g/mol. The molecule has 1 saturated heterocycles. The van der Waals surface area contributed by atoms with Gasteiger partial charge in [-0.3, -0.25) is 9.69 Å². The van der Waals surface area contributed by atoms with Crippen molar-refractivity contribution in [3.63, 3.8) is 0 Å². The van der Waals surface area contributed by atoms with Crippen LogP contribution in [0.5, 0.6) is 0 Å². The SMILES string of the molecule is C=C(C=N)c1cc(C(=O)N2CCC(N3Cc4cnc(N/C(N)=C/C(=N)C(C)(C)C)nc4C3)CC2)ccc1NC. The van der Waals surface area contributed by atoms with Crippen molar-refractivity contribution in [1.82, 2.24) is 19.8 Å². The molecule has 0 radical (unpaired) electrons. The molecule has 4 rings (SSSR count). The third kappa shape index (κ3) is 6.34. The summed E-state index contributed by atoms with van der Waals surface area (Å²) in [6, 6.07) is 5.88. The van der Waals surface area contributed by atoms with Crippen LogP contribution in [0.1, 0.15) is 60.8 Å². The van der Waals surface area contributed by atoms with Crippen molar-refractivity contribution < 1.29 is 4.79 Å². The molecular weight excluding hydrogens is 490 g/mol. The molecule has 1 amide bonds. The summed E-state index contributed by atoms with van der Waals surface area (Å²) >= 11 is 0. The molecule has 3 heterocycles. The van der Waals surface area contributed by atoms with Gasteiger partial charge in [0.25, 0.3) is 5.91 Å². The van der Waals surface area contributed by atoms with Crippen LogP contribution in [0, 0.1) is 16.2 Å². The second-order valence-electron chi connectivity index (χ2n) is 11.2. The molecule has 10 nitrogen and oxygen atoms in total. The summed E-state index contributed by atoms with van der Waals surface area (Å²) in [7, 11) is 1.81. The third-order valence-corrected chi connectivity index (χ3v) is 7.37. The summed E-state index contributed by atoms with van der Waals surface area (Å²) in [5.74, 6) is 0.782. The molecule has 206 valence electrons. The molecule has 0 aliphatic carbocycles. The van der Waals surface area contributed by atoms with Gasteiger partial charge in [-0.15, -0.1) is 0 Å². The monoisotopic (exact) mass is 529 g/mol. The number of carbonyl (C=O) groups is 1. The van der Waals surface area contributed by atoms with E-state index in [1.807, 2.05) is 57.1 Å². The molecule has 1 aromatic heterocycles. The number of aromatic nitrogens is 2. The van der Waals surface area contributed by atoms with Gasteiger partial charge in [-0.2, -0.15) is 0 Å². The zero-order chi connectivity index (χ0) is 28.3. The number of likely N-dealkylation sites (tertiary alicyclic amines) is 1. The van der Waals surface area contributed by atoms with Gasteiger partial charge in [-0.05, 0) is 42.7 Å². The molecule has 0 atom stereocenters. The van der Waals surface area contributed by atoms with Crippen molar-refractivity contribution in [3.8, 4) is 0 Å². The van der Waals surface area contributed by atoms with E-state index in [1.165, 1.54) is 6.21 Å². The van der Waals surface area contributed by atoms with E-state index >= 15 is 0 Å². The van der Waals surface area contributed by atoms with E-state index in [1.54, 1.807) is 6.08 Å². The maximum absolute atomic E-state index is 13.3. The van der Waals surface area contributed by atoms with Gasteiger partial charge in [0, 0.05) is 85.2 Å². The second-order valence-corrected chi connectivity index (χ2v) is 11.2. The number of anilines is 2. The molecule has 0 saturated carbocycles. The molecule has 10 heteroatoms.